The summed E-state index contributed by atoms with van der Waals surface area (Å²) in [7, 11) is 0. The van der Waals surface area contributed by atoms with Crippen LogP contribution in [-0.4, -0.2) is 47.2 Å². The Bertz CT molecular complexity index is 710. The number of rotatable bonds is 3. The van der Waals surface area contributed by atoms with Crippen molar-refractivity contribution < 1.29 is 14.4 Å². The first-order valence-corrected chi connectivity index (χ1v) is 9.34. The van der Waals surface area contributed by atoms with E-state index in [4.69, 9.17) is 4.84 Å². The number of carbonyl (C=O) groups is 2. The number of oxime groups is 1. The monoisotopic (exact) mass is 347 g/mol. The van der Waals surface area contributed by atoms with Gasteiger partial charge in [0.25, 0.3) is 11.8 Å². The predicted octanol–water partition coefficient (Wildman–Crippen LogP) is 2.09. The molecular formula is C17H21N3O3S. The van der Waals surface area contributed by atoms with E-state index >= 15 is 0 Å². The zero-order chi connectivity index (χ0) is 16.7. The quantitative estimate of drug-likeness (QED) is 0.910. The Labute approximate surface area is 144 Å². The third kappa shape index (κ3) is 2.70. The third-order valence-electron chi connectivity index (χ3n) is 5.20. The highest BCUT2D eigenvalue weighted by Gasteiger charge is 2.48. The van der Waals surface area contributed by atoms with Gasteiger partial charge in [-0.05, 0) is 43.2 Å². The van der Waals surface area contributed by atoms with Gasteiger partial charge in [-0.2, -0.15) is 0 Å². The lowest BCUT2D eigenvalue weighted by Gasteiger charge is -2.26. The Morgan fingerprint density at radius 3 is 2.96 bits per heavy atom. The maximum atomic E-state index is 12.6. The predicted molar refractivity (Wildman–Crippen MR) is 91.2 cm³/mol. The standard InChI is InChI=1S/C17H21N3O3S/c1-11-5-8-24-14(11)16(22)20-7-6-17(10-20)9-13(19-23-17)15(21)18-12-3-2-4-12/h5,8,12H,2-4,6-7,9-10H2,1H3,(H,18,21)/t17-/m0/s1. The average Bonchev–Trinajstić information content (AvgIpc) is 3.24. The van der Waals surface area contributed by atoms with Crippen LogP contribution in [0.2, 0.25) is 0 Å². The van der Waals surface area contributed by atoms with Crippen molar-refractivity contribution in [1.29, 1.82) is 0 Å². The Balaban J connectivity index is 1.37. The van der Waals surface area contributed by atoms with Gasteiger partial charge in [0, 0.05) is 25.4 Å². The molecule has 7 heteroatoms. The molecule has 1 spiro atoms. The molecule has 1 aromatic heterocycles. The molecule has 0 unspecified atom stereocenters. The van der Waals surface area contributed by atoms with Crippen LogP contribution >= 0.6 is 11.3 Å². The van der Waals surface area contributed by atoms with Crippen LogP contribution in [0.3, 0.4) is 0 Å². The second-order valence-electron chi connectivity index (χ2n) is 7.00. The van der Waals surface area contributed by atoms with Gasteiger partial charge >= 0.3 is 0 Å². The molecule has 2 fully saturated rings. The molecule has 4 rings (SSSR count). The number of nitrogens with one attached hydrogen (secondary N) is 1. The molecule has 24 heavy (non-hydrogen) atoms. The second kappa shape index (κ2) is 5.88. The fraction of sp³-hybridized carbons (Fsp3) is 0.588. The molecule has 1 atom stereocenters. The van der Waals surface area contributed by atoms with E-state index in [1.807, 2.05) is 23.3 Å². The molecule has 1 N–H and O–H groups in total. The summed E-state index contributed by atoms with van der Waals surface area (Å²) >= 11 is 1.47. The van der Waals surface area contributed by atoms with Crippen LogP contribution < -0.4 is 5.32 Å². The smallest absolute Gasteiger partial charge is 0.269 e. The first-order chi connectivity index (χ1) is 11.6. The van der Waals surface area contributed by atoms with Crippen LogP contribution in [-0.2, 0) is 9.63 Å². The van der Waals surface area contributed by atoms with Crippen molar-refractivity contribution in [3.05, 3.63) is 21.9 Å². The minimum atomic E-state index is -0.521. The fourth-order valence-corrected chi connectivity index (χ4v) is 4.33. The summed E-state index contributed by atoms with van der Waals surface area (Å²) in [6.07, 6.45) is 4.48. The lowest BCUT2D eigenvalue weighted by atomic mass is 9.92. The molecule has 1 saturated carbocycles. The summed E-state index contributed by atoms with van der Waals surface area (Å²) < 4.78 is 0. The lowest BCUT2D eigenvalue weighted by Crippen LogP contribution is -2.44. The van der Waals surface area contributed by atoms with Crippen LogP contribution in [0.25, 0.3) is 0 Å². The molecule has 3 aliphatic rings. The Morgan fingerprint density at radius 1 is 1.46 bits per heavy atom. The van der Waals surface area contributed by atoms with Gasteiger partial charge in [-0.15, -0.1) is 11.3 Å². The van der Waals surface area contributed by atoms with Crippen molar-refractivity contribution in [1.82, 2.24) is 10.2 Å². The number of likely N-dealkylation sites (tertiary alicyclic amines) is 1. The van der Waals surface area contributed by atoms with Crippen LogP contribution in [0.5, 0.6) is 0 Å². The molecule has 2 aliphatic heterocycles. The van der Waals surface area contributed by atoms with Gasteiger partial charge in [-0.3, -0.25) is 9.59 Å². The first-order valence-electron chi connectivity index (χ1n) is 8.46. The third-order valence-corrected chi connectivity index (χ3v) is 6.21. The second-order valence-corrected chi connectivity index (χ2v) is 7.92. The molecule has 0 bridgehead atoms. The van der Waals surface area contributed by atoms with Gasteiger partial charge < -0.3 is 15.1 Å². The zero-order valence-corrected chi connectivity index (χ0v) is 14.5. The normalized spacial score (nSPS) is 26.2. The van der Waals surface area contributed by atoms with Crippen molar-refractivity contribution in [2.75, 3.05) is 13.1 Å². The topological polar surface area (TPSA) is 71.0 Å². The number of hydrogen-bond acceptors (Lipinski definition) is 5. The zero-order valence-electron chi connectivity index (χ0n) is 13.7. The van der Waals surface area contributed by atoms with Crippen LogP contribution in [0.4, 0.5) is 0 Å². The Morgan fingerprint density at radius 2 is 2.29 bits per heavy atom. The summed E-state index contributed by atoms with van der Waals surface area (Å²) in [5.74, 6) is -0.0641. The van der Waals surface area contributed by atoms with E-state index in [1.165, 1.54) is 17.8 Å². The highest BCUT2D eigenvalue weighted by Crippen LogP contribution is 2.35. The summed E-state index contributed by atoms with van der Waals surface area (Å²) in [5, 5.41) is 8.96. The fourth-order valence-electron chi connectivity index (χ4n) is 3.44. The number of carbonyl (C=O) groups excluding carboxylic acids is 2. The number of hydrogen-bond donors (Lipinski definition) is 1. The van der Waals surface area contributed by atoms with E-state index in [0.29, 0.717) is 37.7 Å². The van der Waals surface area contributed by atoms with Gasteiger partial charge in [0.05, 0.1) is 11.4 Å². The Kier molecular flexibility index (Phi) is 3.83. The van der Waals surface area contributed by atoms with Gasteiger partial charge in [-0.1, -0.05) is 5.16 Å². The summed E-state index contributed by atoms with van der Waals surface area (Å²) in [6.45, 7) is 3.09. The number of aryl methyl sites for hydroxylation is 1. The SMILES string of the molecule is Cc1ccsc1C(=O)N1CC[C@]2(CC(C(=O)NC3CCC3)=NO2)C1. The van der Waals surface area contributed by atoms with Crippen molar-refractivity contribution in [2.24, 2.45) is 5.16 Å². The lowest BCUT2D eigenvalue weighted by molar-refractivity contribution is -0.116. The molecular weight excluding hydrogens is 326 g/mol. The summed E-state index contributed by atoms with van der Waals surface area (Å²) in [4.78, 5) is 33.1. The molecule has 3 heterocycles. The van der Waals surface area contributed by atoms with E-state index in [2.05, 4.69) is 10.5 Å². The van der Waals surface area contributed by atoms with Gasteiger partial charge in [0.15, 0.2) is 5.60 Å². The average molecular weight is 347 g/mol. The van der Waals surface area contributed by atoms with Crippen LogP contribution in [0.15, 0.2) is 16.6 Å². The molecule has 0 aromatic carbocycles. The number of thiophene rings is 1. The van der Waals surface area contributed by atoms with E-state index in [9.17, 15) is 9.59 Å². The molecule has 1 saturated heterocycles. The summed E-state index contributed by atoms with van der Waals surface area (Å²) in [6, 6.07) is 2.25. The van der Waals surface area contributed by atoms with Crippen molar-refractivity contribution >= 4 is 28.9 Å². The molecule has 2 amide bonds. The maximum Gasteiger partial charge on any atom is 0.269 e. The van der Waals surface area contributed by atoms with Crippen molar-refractivity contribution in [3.63, 3.8) is 0 Å². The van der Waals surface area contributed by atoms with Crippen molar-refractivity contribution in [2.45, 2.75) is 50.7 Å². The molecule has 128 valence electrons. The van der Waals surface area contributed by atoms with Crippen molar-refractivity contribution in [3.8, 4) is 0 Å². The summed E-state index contributed by atoms with van der Waals surface area (Å²) in [5.41, 5.74) is 0.950. The van der Waals surface area contributed by atoms with Gasteiger partial charge in [-0.25, -0.2) is 0 Å². The largest absolute Gasteiger partial charge is 0.386 e. The Hall–Kier alpha value is -1.89. The number of nitrogens with zero attached hydrogens (tertiary/aromatic N) is 2. The first kappa shape index (κ1) is 15.6. The molecule has 6 nitrogen and oxygen atoms in total. The van der Waals surface area contributed by atoms with E-state index in [0.717, 1.165) is 23.3 Å². The maximum absolute atomic E-state index is 12.6. The highest BCUT2D eigenvalue weighted by molar-refractivity contribution is 7.12. The van der Waals surface area contributed by atoms with Gasteiger partial charge in [0.1, 0.15) is 5.71 Å². The van der Waals surface area contributed by atoms with Crippen LogP contribution in [0.1, 0.15) is 47.3 Å². The minimum Gasteiger partial charge on any atom is -0.386 e. The molecule has 0 radical (unpaired) electrons. The minimum absolute atomic E-state index is 0.0512. The highest BCUT2D eigenvalue weighted by atomic mass is 32.1. The van der Waals surface area contributed by atoms with E-state index < -0.39 is 5.60 Å². The number of amides is 2. The molecule has 1 aromatic rings. The molecule has 1 aliphatic carbocycles. The van der Waals surface area contributed by atoms with Gasteiger partial charge in [0.2, 0.25) is 0 Å². The van der Waals surface area contributed by atoms with E-state index in [-0.39, 0.29) is 11.8 Å². The van der Waals surface area contributed by atoms with E-state index in [1.54, 1.807) is 0 Å². The van der Waals surface area contributed by atoms with Crippen LogP contribution in [0, 0.1) is 6.92 Å².